The number of rotatable bonds is 3. The predicted molar refractivity (Wildman–Crippen MR) is 67.3 cm³/mol. The molecule has 9 heteroatoms. The molecule has 0 aliphatic carbocycles. The molecule has 2 rings (SSSR count). The molecular formula is C12H15F3N4O2. The van der Waals surface area contributed by atoms with Crippen LogP contribution in [0.15, 0.2) is 12.4 Å². The van der Waals surface area contributed by atoms with Gasteiger partial charge >= 0.3 is 6.18 Å². The van der Waals surface area contributed by atoms with Crippen LogP contribution in [0, 0.1) is 0 Å². The van der Waals surface area contributed by atoms with E-state index in [1.165, 1.54) is 4.90 Å². The number of anilines is 1. The van der Waals surface area contributed by atoms with Crippen LogP contribution >= 0.6 is 0 Å². The number of nitrogens with zero attached hydrogens (tertiary/aromatic N) is 3. The zero-order chi connectivity index (χ0) is 15.5. The van der Waals surface area contributed by atoms with Crippen LogP contribution in [0.3, 0.4) is 0 Å². The van der Waals surface area contributed by atoms with Gasteiger partial charge in [-0.3, -0.25) is 4.79 Å². The second-order valence-electron chi connectivity index (χ2n) is 4.77. The average molecular weight is 304 g/mol. The fourth-order valence-corrected chi connectivity index (χ4v) is 2.15. The lowest BCUT2D eigenvalue weighted by atomic mass is 10.1. The van der Waals surface area contributed by atoms with Crippen molar-refractivity contribution in [1.29, 1.82) is 0 Å². The highest BCUT2D eigenvalue weighted by Gasteiger charge is 2.31. The Morgan fingerprint density at radius 3 is 2.67 bits per heavy atom. The number of aliphatic hydroxyl groups excluding tert-OH is 1. The van der Waals surface area contributed by atoms with Gasteiger partial charge in [0.2, 0.25) is 11.9 Å². The molecule has 1 atom stereocenters. The van der Waals surface area contributed by atoms with E-state index in [0.29, 0.717) is 13.1 Å². The van der Waals surface area contributed by atoms with Crippen molar-refractivity contribution in [3.63, 3.8) is 0 Å². The molecule has 1 saturated heterocycles. The second-order valence-corrected chi connectivity index (χ2v) is 4.77. The monoisotopic (exact) mass is 304 g/mol. The van der Waals surface area contributed by atoms with Crippen molar-refractivity contribution in [3.05, 3.63) is 18.0 Å². The summed E-state index contributed by atoms with van der Waals surface area (Å²) in [6.07, 6.45) is -1.54. The molecule has 0 bridgehead atoms. The third-order valence-electron chi connectivity index (χ3n) is 3.22. The Labute approximate surface area is 119 Å². The van der Waals surface area contributed by atoms with E-state index in [2.05, 4.69) is 15.3 Å². The lowest BCUT2D eigenvalue weighted by molar-refractivity contribution is -0.138. The number of carbonyl (C=O) groups excluding carboxylic acids is 1. The predicted octanol–water partition coefficient (Wildman–Crippen LogP) is 0.891. The number of hydrogen-bond donors (Lipinski definition) is 2. The second kappa shape index (κ2) is 6.25. The molecule has 21 heavy (non-hydrogen) atoms. The zero-order valence-corrected chi connectivity index (χ0v) is 11.1. The normalized spacial score (nSPS) is 19.4. The van der Waals surface area contributed by atoms with E-state index in [9.17, 15) is 18.0 Å². The van der Waals surface area contributed by atoms with Gasteiger partial charge in [0.15, 0.2) is 0 Å². The fraction of sp³-hybridized carbons (Fsp3) is 0.583. The molecule has 0 spiro atoms. The topological polar surface area (TPSA) is 78.4 Å². The zero-order valence-electron chi connectivity index (χ0n) is 11.1. The summed E-state index contributed by atoms with van der Waals surface area (Å²) in [5.74, 6) is -0.277. The number of likely N-dealkylation sites (tertiary alicyclic amines) is 1. The van der Waals surface area contributed by atoms with E-state index in [1.54, 1.807) is 0 Å². The van der Waals surface area contributed by atoms with E-state index in [-0.39, 0.29) is 17.9 Å². The van der Waals surface area contributed by atoms with E-state index >= 15 is 0 Å². The summed E-state index contributed by atoms with van der Waals surface area (Å²) >= 11 is 0. The van der Waals surface area contributed by atoms with Crippen molar-refractivity contribution < 1.29 is 23.1 Å². The number of hydrogen-bond acceptors (Lipinski definition) is 5. The van der Waals surface area contributed by atoms with Crippen molar-refractivity contribution in [3.8, 4) is 0 Å². The maximum Gasteiger partial charge on any atom is 0.419 e. The summed E-state index contributed by atoms with van der Waals surface area (Å²) in [6.45, 7) is 0.374. The van der Waals surface area contributed by atoms with Gasteiger partial charge < -0.3 is 15.3 Å². The average Bonchev–Trinajstić information content (AvgIpc) is 2.46. The molecule has 6 nitrogen and oxygen atoms in total. The number of amides is 1. The van der Waals surface area contributed by atoms with Crippen molar-refractivity contribution in [2.45, 2.75) is 25.1 Å². The van der Waals surface area contributed by atoms with E-state index in [4.69, 9.17) is 5.11 Å². The van der Waals surface area contributed by atoms with Crippen LogP contribution in [0.2, 0.25) is 0 Å². The number of aromatic nitrogens is 2. The van der Waals surface area contributed by atoms with Gasteiger partial charge in [-0.2, -0.15) is 13.2 Å². The summed E-state index contributed by atoms with van der Waals surface area (Å²) < 4.78 is 37.2. The molecule has 0 radical (unpaired) electrons. The minimum atomic E-state index is -4.46. The number of carbonyl (C=O) groups is 1. The summed E-state index contributed by atoms with van der Waals surface area (Å²) in [5, 5.41) is 11.7. The van der Waals surface area contributed by atoms with Crippen LogP contribution in [-0.4, -0.2) is 51.6 Å². The molecule has 1 aromatic heterocycles. The van der Waals surface area contributed by atoms with Gasteiger partial charge in [-0.05, 0) is 12.8 Å². The van der Waals surface area contributed by atoms with Crippen molar-refractivity contribution in [1.82, 2.24) is 14.9 Å². The van der Waals surface area contributed by atoms with Crippen molar-refractivity contribution in [2.75, 3.05) is 25.0 Å². The first-order valence-corrected chi connectivity index (χ1v) is 6.44. The Morgan fingerprint density at radius 2 is 2.10 bits per heavy atom. The molecule has 1 unspecified atom stereocenters. The number of halogens is 3. The highest BCUT2D eigenvalue weighted by molar-refractivity contribution is 5.77. The van der Waals surface area contributed by atoms with E-state index < -0.39 is 18.3 Å². The van der Waals surface area contributed by atoms with Gasteiger partial charge in [-0.25, -0.2) is 9.97 Å². The van der Waals surface area contributed by atoms with E-state index in [1.807, 2.05) is 0 Å². The molecule has 1 aromatic rings. The molecule has 1 fully saturated rings. The molecule has 0 saturated carbocycles. The van der Waals surface area contributed by atoms with Crippen LogP contribution in [0.5, 0.6) is 0 Å². The number of piperidine rings is 1. The van der Waals surface area contributed by atoms with Crippen LogP contribution in [0.4, 0.5) is 19.1 Å². The number of alkyl halides is 3. The summed E-state index contributed by atoms with van der Waals surface area (Å²) in [4.78, 5) is 20.2. The number of aliphatic hydroxyl groups is 1. The Hall–Kier alpha value is -1.90. The fourth-order valence-electron chi connectivity index (χ4n) is 2.15. The van der Waals surface area contributed by atoms with Gasteiger partial charge in [0.05, 0.1) is 5.56 Å². The van der Waals surface area contributed by atoms with Gasteiger partial charge in [0.25, 0.3) is 0 Å². The lowest BCUT2D eigenvalue weighted by Gasteiger charge is -2.32. The minimum Gasteiger partial charge on any atom is -0.387 e. The molecule has 2 N–H and O–H groups in total. The molecule has 1 aliphatic rings. The first kappa shape index (κ1) is 15.5. The van der Waals surface area contributed by atoms with Crippen molar-refractivity contribution >= 4 is 11.9 Å². The third kappa shape index (κ3) is 4.03. The highest BCUT2D eigenvalue weighted by atomic mass is 19.4. The van der Waals surface area contributed by atoms with E-state index in [0.717, 1.165) is 25.2 Å². The molecule has 1 aliphatic heterocycles. The first-order valence-electron chi connectivity index (χ1n) is 6.44. The molecule has 116 valence electrons. The summed E-state index contributed by atoms with van der Waals surface area (Å²) in [5.41, 5.74) is -0.909. The minimum absolute atomic E-state index is 0.0892. The Bertz CT molecular complexity index is 492. The Kier molecular flexibility index (Phi) is 4.61. The maximum absolute atomic E-state index is 12.4. The summed E-state index contributed by atoms with van der Waals surface area (Å²) in [6, 6.07) is -0.147. The largest absolute Gasteiger partial charge is 0.419 e. The Balaban J connectivity index is 1.96. The van der Waals surface area contributed by atoms with Gasteiger partial charge in [-0.15, -0.1) is 0 Å². The highest BCUT2D eigenvalue weighted by Crippen LogP contribution is 2.28. The van der Waals surface area contributed by atoms with Gasteiger partial charge in [0, 0.05) is 31.5 Å². The van der Waals surface area contributed by atoms with Crippen LogP contribution in [0.1, 0.15) is 18.4 Å². The third-order valence-corrected chi connectivity index (χ3v) is 3.22. The lowest BCUT2D eigenvalue weighted by Crippen LogP contribution is -2.46. The quantitative estimate of drug-likeness (QED) is 0.867. The molecule has 2 heterocycles. The maximum atomic E-state index is 12.4. The Morgan fingerprint density at radius 1 is 1.43 bits per heavy atom. The van der Waals surface area contributed by atoms with Gasteiger partial charge in [-0.1, -0.05) is 0 Å². The standard InChI is InChI=1S/C12H15F3N4O2/c13-12(14,15)8-4-16-11(17-5-8)18-9-2-1-3-19(6-9)10(21)7-20/h4-5,9,20H,1-3,6-7H2,(H,16,17,18). The number of nitrogens with one attached hydrogen (secondary N) is 1. The van der Waals surface area contributed by atoms with Crippen molar-refractivity contribution in [2.24, 2.45) is 0 Å². The van der Waals surface area contributed by atoms with Gasteiger partial charge in [0.1, 0.15) is 6.61 Å². The van der Waals surface area contributed by atoms with Crippen LogP contribution in [0.25, 0.3) is 0 Å². The molecule has 1 amide bonds. The summed E-state index contributed by atoms with van der Waals surface area (Å²) in [7, 11) is 0. The van der Waals surface area contributed by atoms with Crippen LogP contribution in [-0.2, 0) is 11.0 Å². The SMILES string of the molecule is O=C(CO)N1CCCC(Nc2ncc(C(F)(F)F)cn2)C1. The molecular weight excluding hydrogens is 289 g/mol. The molecule has 0 aromatic carbocycles. The first-order chi connectivity index (χ1) is 9.90. The smallest absolute Gasteiger partial charge is 0.387 e. The van der Waals surface area contributed by atoms with Crippen LogP contribution < -0.4 is 5.32 Å².